The van der Waals surface area contributed by atoms with Crippen LogP contribution >= 0.6 is 0 Å². The van der Waals surface area contributed by atoms with Gasteiger partial charge in [-0.3, -0.25) is 15.5 Å². The van der Waals surface area contributed by atoms with Crippen molar-refractivity contribution in [3.05, 3.63) is 109 Å². The van der Waals surface area contributed by atoms with Crippen molar-refractivity contribution in [1.82, 2.24) is 9.80 Å². The number of carbonyl (C=O) groups excluding carboxylic acids is 2. The minimum atomic E-state index is -0.449. The molecule has 2 aliphatic heterocycles. The van der Waals surface area contributed by atoms with Crippen molar-refractivity contribution in [3.63, 3.8) is 0 Å². The summed E-state index contributed by atoms with van der Waals surface area (Å²) in [6.07, 6.45) is 1.68. The number of rotatable bonds is 10. The minimum Gasteiger partial charge on any atom is -0.446 e. The average Bonchev–Trinajstić information content (AvgIpc) is 3.13. The van der Waals surface area contributed by atoms with E-state index in [1.165, 1.54) is 0 Å². The van der Waals surface area contributed by atoms with Crippen LogP contribution in [0.15, 0.2) is 109 Å². The van der Waals surface area contributed by atoms with Gasteiger partial charge in [0.15, 0.2) is 0 Å². The summed E-state index contributed by atoms with van der Waals surface area (Å²) in [5, 5.41) is 16.2. The fourth-order valence-corrected chi connectivity index (χ4v) is 6.66. The van der Waals surface area contributed by atoms with Gasteiger partial charge in [-0.1, -0.05) is 97.1 Å². The van der Waals surface area contributed by atoms with Crippen molar-refractivity contribution in [1.29, 1.82) is 0 Å². The molecule has 4 aromatic rings. The summed E-state index contributed by atoms with van der Waals surface area (Å²) in [6, 6.07) is 35.4. The molecule has 0 spiro atoms. The minimum absolute atomic E-state index is 0.00668. The zero-order valence-electron chi connectivity index (χ0n) is 27.2. The molecule has 9 heteroatoms. The van der Waals surface area contributed by atoms with Crippen molar-refractivity contribution in [3.8, 4) is 22.3 Å². The first-order valence-corrected chi connectivity index (χ1v) is 16.9. The van der Waals surface area contributed by atoms with E-state index in [0.717, 1.165) is 79.2 Å². The van der Waals surface area contributed by atoms with E-state index in [-0.39, 0.29) is 24.9 Å². The van der Waals surface area contributed by atoms with Gasteiger partial charge >= 0.3 is 12.2 Å². The van der Waals surface area contributed by atoms with E-state index >= 15 is 0 Å². The van der Waals surface area contributed by atoms with Crippen molar-refractivity contribution in [2.45, 2.75) is 43.9 Å². The molecule has 3 N–H and O–H groups in total. The van der Waals surface area contributed by atoms with Gasteiger partial charge in [-0.05, 0) is 48.9 Å². The first-order chi connectivity index (χ1) is 23.6. The SMILES string of the molecule is O=C(Nc1ccccc1-c1ccccc1)OC1CCN(CC(CO)N2CCC(OC(=O)Nc3ccccc3-c3ccccc3)CC2)CC1. The Morgan fingerprint density at radius 3 is 1.50 bits per heavy atom. The molecule has 0 bridgehead atoms. The number of aliphatic hydroxyl groups excluding tert-OH is 1. The van der Waals surface area contributed by atoms with E-state index in [9.17, 15) is 14.7 Å². The number of piperidine rings is 2. The predicted octanol–water partition coefficient (Wildman–Crippen LogP) is 7.11. The van der Waals surface area contributed by atoms with Crippen LogP contribution in [0.1, 0.15) is 25.7 Å². The van der Waals surface area contributed by atoms with Gasteiger partial charge in [0.05, 0.1) is 18.0 Å². The van der Waals surface area contributed by atoms with Crippen molar-refractivity contribution >= 4 is 23.6 Å². The van der Waals surface area contributed by atoms with Crippen molar-refractivity contribution < 1.29 is 24.2 Å². The van der Waals surface area contributed by atoms with Gasteiger partial charge in [-0.25, -0.2) is 9.59 Å². The van der Waals surface area contributed by atoms with Crippen LogP contribution in [-0.4, -0.2) is 84.7 Å². The lowest BCUT2D eigenvalue weighted by atomic mass is 10.0. The highest BCUT2D eigenvalue weighted by atomic mass is 16.6. The highest BCUT2D eigenvalue weighted by Crippen LogP contribution is 2.29. The molecule has 2 saturated heterocycles. The molecule has 9 nitrogen and oxygen atoms in total. The quantitative estimate of drug-likeness (QED) is 0.168. The van der Waals surface area contributed by atoms with E-state index < -0.39 is 12.2 Å². The Kier molecular flexibility index (Phi) is 11.4. The lowest BCUT2D eigenvalue weighted by Gasteiger charge is -2.40. The number of amides is 2. The van der Waals surface area contributed by atoms with Crippen molar-refractivity contribution in [2.24, 2.45) is 0 Å². The maximum absolute atomic E-state index is 12.8. The molecule has 4 aromatic carbocycles. The number of hydrogen-bond acceptors (Lipinski definition) is 7. The third kappa shape index (κ3) is 8.80. The summed E-state index contributed by atoms with van der Waals surface area (Å²) in [5.41, 5.74) is 5.39. The Bertz CT molecular complexity index is 1620. The molecular weight excluding hydrogens is 604 g/mol. The van der Waals surface area contributed by atoms with E-state index in [1.807, 2.05) is 109 Å². The maximum atomic E-state index is 12.8. The summed E-state index contributed by atoms with van der Waals surface area (Å²) in [7, 11) is 0. The molecule has 6 rings (SSSR count). The summed E-state index contributed by atoms with van der Waals surface area (Å²) in [6.45, 7) is 3.87. The van der Waals surface area contributed by atoms with E-state index in [1.54, 1.807) is 0 Å². The van der Waals surface area contributed by atoms with Crippen LogP contribution in [0.5, 0.6) is 0 Å². The van der Waals surface area contributed by atoms with E-state index in [0.29, 0.717) is 12.8 Å². The van der Waals surface area contributed by atoms with Crippen LogP contribution in [0.2, 0.25) is 0 Å². The number of hydrogen-bond donors (Lipinski definition) is 3. The highest BCUT2D eigenvalue weighted by Gasteiger charge is 2.30. The summed E-state index contributed by atoms with van der Waals surface area (Å²) >= 11 is 0. The molecule has 1 unspecified atom stereocenters. The Morgan fingerprint density at radius 1 is 0.625 bits per heavy atom. The Balaban J connectivity index is 0.920. The standard InChI is InChI=1S/C39H44N4O5/c44-28-31(43-25-21-33(22-26-43)48-39(46)41-37-18-10-8-16-35(37)30-13-5-2-6-14-30)27-42-23-19-32(20-24-42)47-38(45)40-36-17-9-7-15-34(36)29-11-3-1-4-12-29/h1-18,31-33,44H,19-28H2,(H,40,45)(H,41,46). The number of likely N-dealkylation sites (tertiary alicyclic amines) is 2. The molecule has 0 saturated carbocycles. The molecule has 0 aliphatic carbocycles. The Hall–Kier alpha value is -4.70. The number of nitrogens with one attached hydrogen (secondary N) is 2. The average molecular weight is 649 g/mol. The van der Waals surface area contributed by atoms with Gasteiger partial charge in [0.1, 0.15) is 12.2 Å². The topological polar surface area (TPSA) is 103 Å². The van der Waals surface area contributed by atoms with Gasteiger partial charge in [0.2, 0.25) is 0 Å². The summed E-state index contributed by atoms with van der Waals surface area (Å²) in [4.78, 5) is 30.3. The number of ether oxygens (including phenoxy) is 2. The van der Waals surface area contributed by atoms with Crippen LogP contribution in [0.3, 0.4) is 0 Å². The van der Waals surface area contributed by atoms with E-state index in [2.05, 4.69) is 20.4 Å². The number of para-hydroxylation sites is 2. The van der Waals surface area contributed by atoms with Gasteiger partial charge in [-0.2, -0.15) is 0 Å². The predicted molar refractivity (Wildman–Crippen MR) is 189 cm³/mol. The second-order valence-corrected chi connectivity index (χ2v) is 12.5. The molecule has 0 aromatic heterocycles. The van der Waals surface area contributed by atoms with Gasteiger partial charge < -0.3 is 19.5 Å². The number of nitrogens with zero attached hydrogens (tertiary/aromatic N) is 2. The zero-order chi connectivity index (χ0) is 33.1. The zero-order valence-corrected chi connectivity index (χ0v) is 27.2. The third-order valence-electron chi connectivity index (χ3n) is 9.25. The van der Waals surface area contributed by atoms with Crippen LogP contribution in [0, 0.1) is 0 Å². The second kappa shape index (κ2) is 16.4. The molecule has 2 aliphatic rings. The lowest BCUT2D eigenvalue weighted by Crippen LogP contribution is -2.52. The number of aliphatic hydroxyl groups is 1. The Labute approximate surface area is 282 Å². The van der Waals surface area contributed by atoms with Crippen LogP contribution in [0.25, 0.3) is 22.3 Å². The molecule has 250 valence electrons. The summed E-state index contributed by atoms with van der Waals surface area (Å²) < 4.78 is 11.6. The lowest BCUT2D eigenvalue weighted by molar-refractivity contribution is 0.00910. The molecule has 2 amide bonds. The molecule has 0 radical (unpaired) electrons. The summed E-state index contributed by atoms with van der Waals surface area (Å²) in [5.74, 6) is 0. The number of anilines is 2. The highest BCUT2D eigenvalue weighted by molar-refractivity contribution is 5.92. The second-order valence-electron chi connectivity index (χ2n) is 12.5. The van der Waals surface area contributed by atoms with Crippen molar-refractivity contribution in [2.75, 3.05) is 50.0 Å². The van der Waals surface area contributed by atoms with Gasteiger partial charge in [-0.15, -0.1) is 0 Å². The molecule has 2 heterocycles. The normalized spacial score (nSPS) is 16.9. The molecule has 1 atom stereocenters. The van der Waals surface area contributed by atoms with Crippen LogP contribution < -0.4 is 10.6 Å². The van der Waals surface area contributed by atoms with Gasteiger partial charge in [0, 0.05) is 49.9 Å². The monoisotopic (exact) mass is 648 g/mol. The first kappa shape index (κ1) is 33.2. The fraction of sp³-hybridized carbons (Fsp3) is 0.333. The number of benzene rings is 4. The maximum Gasteiger partial charge on any atom is 0.411 e. The van der Waals surface area contributed by atoms with Crippen LogP contribution in [0.4, 0.5) is 21.0 Å². The fourth-order valence-electron chi connectivity index (χ4n) is 6.66. The molecular formula is C39H44N4O5. The number of carbonyl (C=O) groups is 2. The smallest absolute Gasteiger partial charge is 0.411 e. The van der Waals surface area contributed by atoms with E-state index in [4.69, 9.17) is 9.47 Å². The first-order valence-electron chi connectivity index (χ1n) is 16.9. The largest absolute Gasteiger partial charge is 0.446 e. The van der Waals surface area contributed by atoms with Gasteiger partial charge in [0.25, 0.3) is 0 Å². The molecule has 48 heavy (non-hydrogen) atoms. The molecule has 2 fully saturated rings. The van der Waals surface area contributed by atoms with Crippen LogP contribution in [-0.2, 0) is 9.47 Å². The Morgan fingerprint density at radius 2 is 1.04 bits per heavy atom. The third-order valence-corrected chi connectivity index (χ3v) is 9.25.